The molecule has 0 spiro atoms. The summed E-state index contributed by atoms with van der Waals surface area (Å²) in [5.41, 5.74) is 0. The Morgan fingerprint density at radius 1 is 0.800 bits per heavy atom. The van der Waals surface area contributed by atoms with Gasteiger partial charge in [0.25, 0.3) is 0 Å². The van der Waals surface area contributed by atoms with Crippen LogP contribution in [0, 0.1) is 0 Å². The highest BCUT2D eigenvalue weighted by Gasteiger charge is 2.42. The van der Waals surface area contributed by atoms with E-state index in [1.54, 1.807) is 0 Å². The Hall–Kier alpha value is -0.590. The number of hydrogen-bond acceptors (Lipinski definition) is 1. The van der Waals surface area contributed by atoms with Crippen molar-refractivity contribution in [3.05, 3.63) is 30.3 Å². The van der Waals surface area contributed by atoms with Gasteiger partial charge >= 0.3 is 0 Å². The summed E-state index contributed by atoms with van der Waals surface area (Å²) in [7, 11) is -2.63. The molecule has 0 aliphatic rings. The number of nitrogens with zero attached hydrogens (tertiary/aromatic N) is 1. The first-order chi connectivity index (χ1) is 11.9. The van der Waals surface area contributed by atoms with Crippen LogP contribution in [0.5, 0.6) is 0 Å². The van der Waals surface area contributed by atoms with Crippen LogP contribution in [0.25, 0.3) is 0 Å². The summed E-state index contributed by atoms with van der Waals surface area (Å²) in [6.45, 7) is 12.8. The molecule has 0 saturated carbocycles. The molecule has 144 valence electrons. The minimum Gasteiger partial charge on any atom is -0.301 e. The van der Waals surface area contributed by atoms with E-state index in [-0.39, 0.29) is 5.16 Å². The zero-order valence-corrected chi connectivity index (χ0v) is 18.2. The van der Waals surface area contributed by atoms with Gasteiger partial charge in [0.1, 0.15) is 0 Å². The molecule has 1 atom stereocenters. The molecule has 0 heterocycles. The summed E-state index contributed by atoms with van der Waals surface area (Å²) in [4.78, 5) is 0. The minimum atomic E-state index is -2.63. The second-order valence-corrected chi connectivity index (χ2v) is 11.7. The molecule has 0 amide bonds. The van der Waals surface area contributed by atoms with E-state index in [1.165, 1.54) is 38.5 Å². The second-order valence-electron chi connectivity index (χ2n) is 8.16. The van der Waals surface area contributed by atoms with Gasteiger partial charge in [-0.15, -0.1) is 0 Å². The lowest BCUT2D eigenvalue weighted by molar-refractivity contribution is 0.376. The van der Waals surface area contributed by atoms with E-state index >= 15 is 0 Å². The molecule has 0 N–H and O–H groups in total. The summed E-state index contributed by atoms with van der Waals surface area (Å²) in [6, 6.07) is 10.2. The van der Waals surface area contributed by atoms with Gasteiger partial charge in [0.2, 0.25) is 0 Å². The van der Waals surface area contributed by atoms with E-state index < -0.39 is 7.29 Å². The Bertz CT molecular complexity index is 495. The fraction of sp³-hybridized carbons (Fsp3) is 0.727. The van der Waals surface area contributed by atoms with Gasteiger partial charge in [-0.2, -0.15) is 0 Å². The maximum atomic E-state index is 14.4. The maximum absolute atomic E-state index is 14.4. The summed E-state index contributed by atoms with van der Waals surface area (Å²) in [6.07, 6.45) is 9.80. The van der Waals surface area contributed by atoms with Gasteiger partial charge < -0.3 is 4.57 Å². The van der Waals surface area contributed by atoms with Gasteiger partial charge in [-0.25, -0.2) is 4.67 Å². The van der Waals surface area contributed by atoms with E-state index in [4.69, 9.17) is 0 Å². The van der Waals surface area contributed by atoms with Gasteiger partial charge in [0, 0.05) is 23.6 Å². The zero-order valence-electron chi connectivity index (χ0n) is 17.3. The molecule has 1 unspecified atom stereocenters. The lowest BCUT2D eigenvalue weighted by atomic mass is 10.2. The lowest BCUT2D eigenvalue weighted by Crippen LogP contribution is -2.37. The Morgan fingerprint density at radius 3 is 1.68 bits per heavy atom. The van der Waals surface area contributed by atoms with Crippen LogP contribution in [-0.4, -0.2) is 22.9 Å². The van der Waals surface area contributed by atoms with Crippen LogP contribution >= 0.6 is 7.29 Å². The minimum absolute atomic E-state index is 0.246. The maximum Gasteiger partial charge on any atom is 0.183 e. The molecule has 3 heteroatoms. The van der Waals surface area contributed by atoms with E-state index in [0.29, 0.717) is 0 Å². The topological polar surface area (TPSA) is 20.3 Å². The highest BCUT2D eigenvalue weighted by atomic mass is 31.2. The monoisotopic (exact) mass is 365 g/mol. The number of hydrogen-bond donors (Lipinski definition) is 0. The third-order valence-electron chi connectivity index (χ3n) is 4.95. The molecule has 0 aliphatic carbocycles. The smallest absolute Gasteiger partial charge is 0.183 e. The third-order valence-corrected chi connectivity index (χ3v) is 8.97. The van der Waals surface area contributed by atoms with E-state index in [9.17, 15) is 4.57 Å². The molecular weight excluding hydrogens is 325 g/mol. The lowest BCUT2D eigenvalue weighted by Gasteiger charge is -2.40. The van der Waals surface area contributed by atoms with Crippen molar-refractivity contribution in [1.82, 2.24) is 4.67 Å². The van der Waals surface area contributed by atoms with Gasteiger partial charge in [-0.3, -0.25) is 0 Å². The largest absolute Gasteiger partial charge is 0.301 e. The molecule has 0 aliphatic heterocycles. The Labute approximate surface area is 156 Å². The third kappa shape index (κ3) is 6.57. The molecule has 0 radical (unpaired) electrons. The molecule has 0 aromatic heterocycles. The molecule has 1 rings (SSSR count). The normalized spacial score (nSPS) is 14.6. The standard InChI is InChI=1S/C22H40NOP/c1-6-8-10-15-19-23(20-16-11-9-7-2)25(24,22(3,4)5)21-17-13-12-14-18-21/h12-14,17-18H,6-11,15-16,19-20H2,1-5H3. The van der Waals surface area contributed by atoms with Crippen molar-refractivity contribution >= 4 is 12.6 Å². The van der Waals surface area contributed by atoms with Crippen molar-refractivity contribution in [2.45, 2.75) is 91.1 Å². The van der Waals surface area contributed by atoms with Gasteiger partial charge in [-0.05, 0) is 12.8 Å². The number of rotatable bonds is 12. The molecule has 2 nitrogen and oxygen atoms in total. The van der Waals surface area contributed by atoms with Crippen molar-refractivity contribution in [2.24, 2.45) is 0 Å². The Balaban J connectivity index is 3.03. The van der Waals surface area contributed by atoms with Crippen molar-refractivity contribution in [3.63, 3.8) is 0 Å². The fourth-order valence-electron chi connectivity index (χ4n) is 3.44. The van der Waals surface area contributed by atoms with Crippen LogP contribution in [0.1, 0.15) is 86.0 Å². The molecular formula is C22H40NOP. The quantitative estimate of drug-likeness (QED) is 0.298. The van der Waals surface area contributed by atoms with E-state index in [2.05, 4.69) is 51.4 Å². The Kier molecular flexibility index (Phi) is 10.1. The van der Waals surface area contributed by atoms with Gasteiger partial charge in [0.05, 0.1) is 0 Å². The first kappa shape index (κ1) is 22.5. The number of benzene rings is 1. The number of unbranched alkanes of at least 4 members (excludes halogenated alkanes) is 6. The average Bonchev–Trinajstić information content (AvgIpc) is 2.59. The molecule has 0 bridgehead atoms. The summed E-state index contributed by atoms with van der Waals surface area (Å²) in [5, 5.41) is 0.776. The second kappa shape index (κ2) is 11.2. The van der Waals surface area contributed by atoms with Crippen LogP contribution in [0.3, 0.4) is 0 Å². The van der Waals surface area contributed by atoms with Crippen LogP contribution < -0.4 is 5.30 Å². The zero-order chi connectivity index (χ0) is 18.8. The van der Waals surface area contributed by atoms with Crippen molar-refractivity contribution in [3.8, 4) is 0 Å². The molecule has 1 aromatic rings. The van der Waals surface area contributed by atoms with Crippen LogP contribution in [-0.2, 0) is 4.57 Å². The molecule has 0 fully saturated rings. The predicted octanol–water partition coefficient (Wildman–Crippen LogP) is 6.85. The highest BCUT2D eigenvalue weighted by Crippen LogP contribution is 2.59. The van der Waals surface area contributed by atoms with Crippen LogP contribution in [0.15, 0.2) is 30.3 Å². The fourth-order valence-corrected chi connectivity index (χ4v) is 6.81. The first-order valence-corrected chi connectivity index (χ1v) is 11.9. The molecule has 1 aromatic carbocycles. The Morgan fingerprint density at radius 2 is 1.28 bits per heavy atom. The van der Waals surface area contributed by atoms with Crippen molar-refractivity contribution in [2.75, 3.05) is 13.1 Å². The van der Waals surface area contributed by atoms with Crippen molar-refractivity contribution < 1.29 is 4.57 Å². The predicted molar refractivity (Wildman–Crippen MR) is 113 cm³/mol. The average molecular weight is 366 g/mol. The van der Waals surface area contributed by atoms with E-state index in [0.717, 1.165) is 31.2 Å². The highest BCUT2D eigenvalue weighted by molar-refractivity contribution is 7.70. The van der Waals surface area contributed by atoms with Gasteiger partial charge in [0.15, 0.2) is 7.29 Å². The molecule has 0 saturated heterocycles. The van der Waals surface area contributed by atoms with Gasteiger partial charge in [-0.1, -0.05) is 103 Å². The summed E-state index contributed by atoms with van der Waals surface area (Å²) in [5.74, 6) is 0. The summed E-state index contributed by atoms with van der Waals surface area (Å²) >= 11 is 0. The van der Waals surface area contributed by atoms with E-state index in [1.807, 2.05) is 18.2 Å². The van der Waals surface area contributed by atoms with Crippen molar-refractivity contribution in [1.29, 1.82) is 0 Å². The first-order valence-electron chi connectivity index (χ1n) is 10.3. The molecule has 25 heavy (non-hydrogen) atoms. The summed E-state index contributed by atoms with van der Waals surface area (Å²) < 4.78 is 16.7. The SMILES string of the molecule is CCCCCCN(CCCCCC)P(=O)(c1ccccc1)C(C)(C)C. The van der Waals surface area contributed by atoms with Crippen LogP contribution in [0.4, 0.5) is 0 Å². The van der Waals surface area contributed by atoms with Crippen LogP contribution in [0.2, 0.25) is 0 Å².